The molecule has 0 unspecified atom stereocenters. The predicted octanol–water partition coefficient (Wildman–Crippen LogP) is 5.07. The number of fused-ring (bicyclic) bond motifs is 1. The molecule has 1 aliphatic rings. The smallest absolute Gasteiger partial charge is 0.290 e. The average Bonchev–Trinajstić information content (AvgIpc) is 3.05. The standard InChI is InChI=1S/C23H23NO3/c1-3-26-19-9-10-21-20(15-19)16(2)22(27-21)23(25)24-13-11-18(12-14-24)17-7-5-4-6-8-17/h4-11,15H,3,12-14H2,1-2H3. The minimum Gasteiger partial charge on any atom is -0.494 e. The van der Waals surface area contributed by atoms with Gasteiger partial charge in [-0.25, -0.2) is 0 Å². The molecule has 0 N–H and O–H groups in total. The fraction of sp³-hybridized carbons (Fsp3) is 0.261. The maximum Gasteiger partial charge on any atom is 0.290 e. The van der Waals surface area contributed by atoms with E-state index in [-0.39, 0.29) is 5.91 Å². The minimum absolute atomic E-state index is 0.0509. The molecule has 138 valence electrons. The number of hydrogen-bond acceptors (Lipinski definition) is 3. The van der Waals surface area contributed by atoms with E-state index in [1.165, 1.54) is 11.1 Å². The molecule has 0 atom stereocenters. The number of furan rings is 1. The van der Waals surface area contributed by atoms with Gasteiger partial charge in [-0.2, -0.15) is 0 Å². The van der Waals surface area contributed by atoms with E-state index < -0.39 is 0 Å². The van der Waals surface area contributed by atoms with Gasteiger partial charge in [-0.1, -0.05) is 36.4 Å². The Morgan fingerprint density at radius 2 is 2.00 bits per heavy atom. The van der Waals surface area contributed by atoms with Gasteiger partial charge in [-0.15, -0.1) is 0 Å². The normalized spacial score (nSPS) is 14.3. The van der Waals surface area contributed by atoms with Gasteiger partial charge in [0.05, 0.1) is 6.61 Å². The number of rotatable bonds is 4. The molecular formula is C23H23NO3. The first-order chi connectivity index (χ1) is 13.2. The van der Waals surface area contributed by atoms with Gasteiger partial charge in [0.1, 0.15) is 11.3 Å². The highest BCUT2D eigenvalue weighted by Crippen LogP contribution is 2.30. The minimum atomic E-state index is -0.0509. The second-order valence-corrected chi connectivity index (χ2v) is 6.74. The molecule has 4 nitrogen and oxygen atoms in total. The van der Waals surface area contributed by atoms with E-state index in [1.54, 1.807) is 0 Å². The lowest BCUT2D eigenvalue weighted by Crippen LogP contribution is -2.34. The number of aryl methyl sites for hydroxylation is 1. The van der Waals surface area contributed by atoms with E-state index in [1.807, 2.05) is 55.1 Å². The highest BCUT2D eigenvalue weighted by molar-refractivity contribution is 5.99. The average molecular weight is 361 g/mol. The Kier molecular flexibility index (Phi) is 4.71. The first-order valence-corrected chi connectivity index (χ1v) is 9.37. The molecule has 4 rings (SSSR count). The summed E-state index contributed by atoms with van der Waals surface area (Å²) in [7, 11) is 0. The second-order valence-electron chi connectivity index (χ2n) is 6.74. The van der Waals surface area contributed by atoms with Crippen molar-refractivity contribution in [2.24, 2.45) is 0 Å². The third kappa shape index (κ3) is 3.35. The molecule has 0 radical (unpaired) electrons. The molecule has 0 saturated carbocycles. The summed E-state index contributed by atoms with van der Waals surface area (Å²) in [6.07, 6.45) is 2.99. The largest absolute Gasteiger partial charge is 0.494 e. The Bertz CT molecular complexity index is 1000. The van der Waals surface area contributed by atoms with Crippen LogP contribution in [0.4, 0.5) is 0 Å². The highest BCUT2D eigenvalue weighted by Gasteiger charge is 2.25. The van der Waals surface area contributed by atoms with Crippen LogP contribution >= 0.6 is 0 Å². The lowest BCUT2D eigenvalue weighted by Gasteiger charge is -2.26. The highest BCUT2D eigenvalue weighted by atomic mass is 16.5. The summed E-state index contributed by atoms with van der Waals surface area (Å²) in [5.74, 6) is 1.17. The molecule has 4 heteroatoms. The van der Waals surface area contributed by atoms with E-state index in [9.17, 15) is 4.79 Å². The SMILES string of the molecule is CCOc1ccc2oc(C(=O)N3CC=C(c4ccccc4)CC3)c(C)c2c1. The van der Waals surface area contributed by atoms with Gasteiger partial charge in [0.15, 0.2) is 5.76 Å². The number of benzene rings is 2. The van der Waals surface area contributed by atoms with E-state index in [4.69, 9.17) is 9.15 Å². The van der Waals surface area contributed by atoms with Crippen LogP contribution in [0.3, 0.4) is 0 Å². The van der Waals surface area contributed by atoms with Crippen molar-refractivity contribution in [1.82, 2.24) is 4.90 Å². The number of carbonyl (C=O) groups excluding carboxylic acids is 1. The maximum atomic E-state index is 13.0. The fourth-order valence-electron chi connectivity index (χ4n) is 3.57. The first-order valence-electron chi connectivity index (χ1n) is 9.37. The van der Waals surface area contributed by atoms with Crippen LogP contribution in [0.5, 0.6) is 5.75 Å². The van der Waals surface area contributed by atoms with E-state index >= 15 is 0 Å². The Morgan fingerprint density at radius 1 is 1.19 bits per heavy atom. The molecule has 3 aromatic rings. The molecule has 2 heterocycles. The number of carbonyl (C=O) groups is 1. The van der Waals surface area contributed by atoms with Crippen molar-refractivity contribution in [2.75, 3.05) is 19.7 Å². The first kappa shape index (κ1) is 17.4. The Labute approximate surface area is 159 Å². The third-order valence-electron chi connectivity index (χ3n) is 5.05. The van der Waals surface area contributed by atoms with Gasteiger partial charge >= 0.3 is 0 Å². The maximum absolute atomic E-state index is 13.0. The van der Waals surface area contributed by atoms with Gasteiger partial charge in [0.2, 0.25) is 0 Å². The van der Waals surface area contributed by atoms with Crippen molar-refractivity contribution in [1.29, 1.82) is 0 Å². The molecule has 0 spiro atoms. The van der Waals surface area contributed by atoms with Gasteiger partial charge < -0.3 is 14.1 Å². The molecule has 2 aromatic carbocycles. The van der Waals surface area contributed by atoms with Gasteiger partial charge in [0, 0.05) is 24.0 Å². The Hall–Kier alpha value is -3.01. The van der Waals surface area contributed by atoms with Crippen molar-refractivity contribution in [3.05, 3.63) is 71.5 Å². The van der Waals surface area contributed by atoms with Crippen LogP contribution in [0.1, 0.15) is 35.0 Å². The summed E-state index contributed by atoms with van der Waals surface area (Å²) in [6.45, 7) is 5.79. The summed E-state index contributed by atoms with van der Waals surface area (Å²) in [6, 6.07) is 16.0. The van der Waals surface area contributed by atoms with E-state index in [2.05, 4.69) is 18.2 Å². The summed E-state index contributed by atoms with van der Waals surface area (Å²) in [5.41, 5.74) is 4.11. The van der Waals surface area contributed by atoms with Gasteiger partial charge in [0.25, 0.3) is 5.91 Å². The van der Waals surface area contributed by atoms with Crippen LogP contribution in [0.2, 0.25) is 0 Å². The zero-order chi connectivity index (χ0) is 18.8. The van der Waals surface area contributed by atoms with Crippen molar-refractivity contribution in [3.8, 4) is 5.75 Å². The quantitative estimate of drug-likeness (QED) is 0.651. The lowest BCUT2D eigenvalue weighted by molar-refractivity contribution is 0.0742. The molecular weight excluding hydrogens is 338 g/mol. The van der Waals surface area contributed by atoms with Crippen LogP contribution in [0, 0.1) is 6.92 Å². The molecule has 1 amide bonds. The molecule has 0 fully saturated rings. The molecule has 0 bridgehead atoms. The second kappa shape index (κ2) is 7.31. The van der Waals surface area contributed by atoms with Crippen molar-refractivity contribution in [2.45, 2.75) is 20.3 Å². The van der Waals surface area contributed by atoms with Crippen LogP contribution in [-0.4, -0.2) is 30.5 Å². The summed E-state index contributed by atoms with van der Waals surface area (Å²) in [5, 5.41) is 0.932. The summed E-state index contributed by atoms with van der Waals surface area (Å²) in [4.78, 5) is 14.9. The zero-order valence-corrected chi connectivity index (χ0v) is 15.7. The lowest BCUT2D eigenvalue weighted by atomic mass is 9.99. The van der Waals surface area contributed by atoms with Crippen LogP contribution in [0.15, 0.2) is 59.0 Å². The molecule has 0 aliphatic carbocycles. The zero-order valence-electron chi connectivity index (χ0n) is 15.7. The molecule has 1 aliphatic heterocycles. The molecule has 27 heavy (non-hydrogen) atoms. The third-order valence-corrected chi connectivity index (χ3v) is 5.05. The van der Waals surface area contributed by atoms with Gasteiger partial charge in [-0.3, -0.25) is 4.79 Å². The molecule has 0 saturated heterocycles. The number of amides is 1. The predicted molar refractivity (Wildman–Crippen MR) is 107 cm³/mol. The van der Waals surface area contributed by atoms with Crippen LogP contribution < -0.4 is 4.74 Å². The Morgan fingerprint density at radius 3 is 2.70 bits per heavy atom. The summed E-state index contributed by atoms with van der Waals surface area (Å²) >= 11 is 0. The van der Waals surface area contributed by atoms with Crippen molar-refractivity contribution >= 4 is 22.4 Å². The summed E-state index contributed by atoms with van der Waals surface area (Å²) < 4.78 is 11.5. The molecule has 1 aromatic heterocycles. The monoisotopic (exact) mass is 361 g/mol. The van der Waals surface area contributed by atoms with Crippen molar-refractivity contribution in [3.63, 3.8) is 0 Å². The number of ether oxygens (including phenoxy) is 1. The van der Waals surface area contributed by atoms with Gasteiger partial charge in [-0.05, 0) is 49.6 Å². The van der Waals surface area contributed by atoms with Crippen LogP contribution in [-0.2, 0) is 0 Å². The van der Waals surface area contributed by atoms with Crippen LogP contribution in [0.25, 0.3) is 16.5 Å². The van der Waals surface area contributed by atoms with E-state index in [0.29, 0.717) is 25.5 Å². The topological polar surface area (TPSA) is 42.7 Å². The fourth-order valence-corrected chi connectivity index (χ4v) is 3.57. The Balaban J connectivity index is 1.57. The number of hydrogen-bond donors (Lipinski definition) is 0. The number of nitrogens with zero attached hydrogens (tertiary/aromatic N) is 1. The van der Waals surface area contributed by atoms with Crippen molar-refractivity contribution < 1.29 is 13.9 Å². The van der Waals surface area contributed by atoms with E-state index in [0.717, 1.165) is 28.7 Å².